The van der Waals surface area contributed by atoms with Gasteiger partial charge in [-0.3, -0.25) is 0 Å². The lowest BCUT2D eigenvalue weighted by molar-refractivity contribution is 0.120. The van der Waals surface area contributed by atoms with Crippen LogP contribution in [-0.4, -0.2) is 11.7 Å². The molecular weight excluding hydrogens is 160 g/mol. The monoisotopic (exact) mass is 176 g/mol. The highest BCUT2D eigenvalue weighted by Crippen LogP contribution is 2.43. The number of hydrogen-bond donors (Lipinski definition) is 1. The van der Waals surface area contributed by atoms with E-state index in [1.807, 2.05) is 0 Å². The van der Waals surface area contributed by atoms with Gasteiger partial charge < -0.3 is 5.11 Å². The van der Waals surface area contributed by atoms with Gasteiger partial charge in [0.05, 0.1) is 6.61 Å². The first-order chi connectivity index (χ1) is 6.27. The van der Waals surface area contributed by atoms with Gasteiger partial charge >= 0.3 is 0 Å². The lowest BCUT2D eigenvalue weighted by Crippen LogP contribution is -2.37. The van der Waals surface area contributed by atoms with E-state index in [4.69, 9.17) is 0 Å². The molecule has 1 N–H and O–H groups in total. The summed E-state index contributed by atoms with van der Waals surface area (Å²) in [6.45, 7) is 2.41. The Morgan fingerprint density at radius 3 is 2.62 bits per heavy atom. The van der Waals surface area contributed by atoms with E-state index in [-0.39, 0.29) is 5.41 Å². The number of aliphatic hydroxyl groups excluding tert-OH is 1. The van der Waals surface area contributed by atoms with Crippen molar-refractivity contribution in [3.8, 4) is 0 Å². The molecule has 0 spiro atoms. The highest BCUT2D eigenvalue weighted by Gasteiger charge is 2.37. The molecule has 70 valence electrons. The second-order valence-electron chi connectivity index (χ2n) is 4.16. The minimum atomic E-state index is 0.103. The molecule has 1 aromatic rings. The highest BCUT2D eigenvalue weighted by molar-refractivity contribution is 5.31. The van der Waals surface area contributed by atoms with Crippen LogP contribution < -0.4 is 0 Å². The van der Waals surface area contributed by atoms with Crippen LogP contribution in [0.4, 0.5) is 0 Å². The van der Waals surface area contributed by atoms with E-state index in [1.165, 1.54) is 17.5 Å². The first-order valence-electron chi connectivity index (χ1n) is 4.95. The van der Waals surface area contributed by atoms with E-state index >= 15 is 0 Å². The van der Waals surface area contributed by atoms with Crippen LogP contribution in [0, 0.1) is 6.92 Å². The van der Waals surface area contributed by atoms with Gasteiger partial charge in [-0.15, -0.1) is 0 Å². The predicted molar refractivity (Wildman–Crippen MR) is 53.8 cm³/mol. The minimum Gasteiger partial charge on any atom is -0.395 e. The Morgan fingerprint density at radius 1 is 1.38 bits per heavy atom. The van der Waals surface area contributed by atoms with Crippen molar-refractivity contribution in [2.75, 3.05) is 6.61 Å². The quantitative estimate of drug-likeness (QED) is 0.733. The van der Waals surface area contributed by atoms with Crippen LogP contribution >= 0.6 is 0 Å². The molecule has 0 amide bonds. The molecule has 0 saturated heterocycles. The molecule has 13 heavy (non-hydrogen) atoms. The summed E-state index contributed by atoms with van der Waals surface area (Å²) in [5, 5.41) is 9.38. The summed E-state index contributed by atoms with van der Waals surface area (Å²) >= 11 is 0. The normalized spacial score (nSPS) is 19.5. The van der Waals surface area contributed by atoms with Crippen molar-refractivity contribution in [1.82, 2.24) is 0 Å². The summed E-state index contributed by atoms with van der Waals surface area (Å²) in [5.74, 6) is 0. The summed E-state index contributed by atoms with van der Waals surface area (Å²) < 4.78 is 0. The third-order valence-corrected chi connectivity index (χ3v) is 3.24. The van der Waals surface area contributed by atoms with Crippen LogP contribution in [0.5, 0.6) is 0 Å². The van der Waals surface area contributed by atoms with Crippen molar-refractivity contribution >= 4 is 0 Å². The second kappa shape index (κ2) is 3.15. The van der Waals surface area contributed by atoms with Gasteiger partial charge in [-0.05, 0) is 25.3 Å². The molecular formula is C12H16O. The molecule has 0 aliphatic heterocycles. The van der Waals surface area contributed by atoms with Gasteiger partial charge in [0.25, 0.3) is 0 Å². The van der Waals surface area contributed by atoms with Gasteiger partial charge in [0, 0.05) is 5.41 Å². The van der Waals surface area contributed by atoms with E-state index < -0.39 is 0 Å². The first-order valence-corrected chi connectivity index (χ1v) is 4.95. The van der Waals surface area contributed by atoms with Crippen molar-refractivity contribution in [1.29, 1.82) is 0 Å². The van der Waals surface area contributed by atoms with Crippen LogP contribution in [-0.2, 0) is 5.41 Å². The number of rotatable bonds is 2. The molecule has 0 unspecified atom stereocenters. The number of aliphatic hydroxyl groups is 1. The van der Waals surface area contributed by atoms with E-state index in [0.717, 1.165) is 12.8 Å². The second-order valence-corrected chi connectivity index (χ2v) is 4.16. The standard InChI is InChI=1S/C12H16O/c1-10-4-2-5-11(8-10)12(9-13)6-3-7-12/h2,4-5,8,13H,3,6-7,9H2,1H3. The molecule has 0 bridgehead atoms. The van der Waals surface area contributed by atoms with E-state index in [2.05, 4.69) is 31.2 Å². The van der Waals surface area contributed by atoms with E-state index in [9.17, 15) is 5.11 Å². The summed E-state index contributed by atoms with van der Waals surface area (Å²) in [7, 11) is 0. The molecule has 1 aliphatic carbocycles. The average molecular weight is 176 g/mol. The molecule has 1 fully saturated rings. The maximum Gasteiger partial charge on any atom is 0.0527 e. The van der Waals surface area contributed by atoms with Gasteiger partial charge in [0.1, 0.15) is 0 Å². The van der Waals surface area contributed by atoms with Crippen LogP contribution in [0.3, 0.4) is 0 Å². The molecule has 0 heterocycles. The largest absolute Gasteiger partial charge is 0.395 e. The van der Waals surface area contributed by atoms with Crippen LogP contribution in [0.15, 0.2) is 24.3 Å². The molecule has 0 aromatic heterocycles. The average Bonchev–Trinajstić information content (AvgIpc) is 2.03. The zero-order chi connectivity index (χ0) is 9.31. The minimum absolute atomic E-state index is 0.103. The zero-order valence-electron chi connectivity index (χ0n) is 8.09. The maximum absolute atomic E-state index is 9.38. The van der Waals surface area contributed by atoms with Crippen LogP contribution in [0.2, 0.25) is 0 Å². The Morgan fingerprint density at radius 2 is 2.15 bits per heavy atom. The fourth-order valence-electron chi connectivity index (χ4n) is 2.12. The topological polar surface area (TPSA) is 20.2 Å². The highest BCUT2D eigenvalue weighted by atomic mass is 16.3. The Balaban J connectivity index is 2.33. The van der Waals surface area contributed by atoms with E-state index in [1.54, 1.807) is 0 Å². The number of hydrogen-bond acceptors (Lipinski definition) is 1. The number of aryl methyl sites for hydroxylation is 1. The van der Waals surface area contributed by atoms with Gasteiger partial charge in [0.15, 0.2) is 0 Å². The lowest BCUT2D eigenvalue weighted by atomic mass is 9.65. The first kappa shape index (κ1) is 8.76. The number of benzene rings is 1. The summed E-state index contributed by atoms with van der Waals surface area (Å²) in [5.41, 5.74) is 2.71. The van der Waals surface area contributed by atoms with Crippen LogP contribution in [0.25, 0.3) is 0 Å². The molecule has 0 radical (unpaired) electrons. The van der Waals surface area contributed by atoms with Crippen molar-refractivity contribution < 1.29 is 5.11 Å². The zero-order valence-corrected chi connectivity index (χ0v) is 8.09. The smallest absolute Gasteiger partial charge is 0.0527 e. The lowest BCUT2D eigenvalue weighted by Gasteiger charge is -2.41. The Kier molecular flexibility index (Phi) is 2.12. The molecule has 1 saturated carbocycles. The predicted octanol–water partition coefficient (Wildman–Crippen LogP) is 2.41. The fourth-order valence-corrected chi connectivity index (χ4v) is 2.12. The summed E-state index contributed by atoms with van der Waals surface area (Å²) in [4.78, 5) is 0. The van der Waals surface area contributed by atoms with Gasteiger partial charge in [-0.1, -0.05) is 36.2 Å². The van der Waals surface area contributed by atoms with Gasteiger partial charge in [-0.25, -0.2) is 0 Å². The molecule has 2 rings (SSSR count). The third kappa shape index (κ3) is 1.37. The fraction of sp³-hybridized carbons (Fsp3) is 0.500. The van der Waals surface area contributed by atoms with Crippen molar-refractivity contribution in [3.63, 3.8) is 0 Å². The van der Waals surface area contributed by atoms with Gasteiger partial charge in [0.2, 0.25) is 0 Å². The van der Waals surface area contributed by atoms with Crippen molar-refractivity contribution in [3.05, 3.63) is 35.4 Å². The SMILES string of the molecule is Cc1cccc(C2(CO)CCC2)c1. The Labute approximate surface area is 79.4 Å². The maximum atomic E-state index is 9.38. The molecule has 1 aliphatic rings. The Hall–Kier alpha value is -0.820. The van der Waals surface area contributed by atoms with E-state index in [0.29, 0.717) is 6.61 Å². The Bertz CT molecular complexity index is 294. The summed E-state index contributed by atoms with van der Waals surface area (Å²) in [6, 6.07) is 8.53. The summed E-state index contributed by atoms with van der Waals surface area (Å²) in [6.07, 6.45) is 3.55. The molecule has 0 atom stereocenters. The third-order valence-electron chi connectivity index (χ3n) is 3.24. The molecule has 1 aromatic carbocycles. The van der Waals surface area contributed by atoms with Crippen molar-refractivity contribution in [2.45, 2.75) is 31.6 Å². The molecule has 1 heteroatoms. The van der Waals surface area contributed by atoms with Gasteiger partial charge in [-0.2, -0.15) is 0 Å². The molecule has 1 nitrogen and oxygen atoms in total. The van der Waals surface area contributed by atoms with Crippen molar-refractivity contribution in [2.24, 2.45) is 0 Å². The van der Waals surface area contributed by atoms with Crippen LogP contribution in [0.1, 0.15) is 30.4 Å².